The summed E-state index contributed by atoms with van der Waals surface area (Å²) in [4.78, 5) is 0. The van der Waals surface area contributed by atoms with E-state index in [1.807, 2.05) is 6.92 Å². The summed E-state index contributed by atoms with van der Waals surface area (Å²) < 4.78 is 5.27. The molecule has 1 aliphatic heterocycles. The first kappa shape index (κ1) is 8.63. The van der Waals surface area contributed by atoms with Crippen molar-refractivity contribution in [3.05, 3.63) is 0 Å². The van der Waals surface area contributed by atoms with Gasteiger partial charge in [0.15, 0.2) is 0 Å². The van der Waals surface area contributed by atoms with Crippen molar-refractivity contribution in [2.75, 3.05) is 0 Å². The molecule has 0 bridgehead atoms. The van der Waals surface area contributed by atoms with E-state index in [0.717, 1.165) is 6.42 Å². The third kappa shape index (κ3) is 1.77. The molecule has 1 saturated heterocycles. The normalized spacial score (nSPS) is 37.2. The molecule has 0 aliphatic carbocycles. The van der Waals surface area contributed by atoms with Gasteiger partial charge in [-0.15, -0.1) is 23.2 Å². The molecule has 0 radical (unpaired) electrons. The zero-order chi connectivity index (χ0) is 7.72. The topological polar surface area (TPSA) is 12.5 Å². The van der Waals surface area contributed by atoms with E-state index in [2.05, 4.69) is 6.92 Å². The molecule has 1 fully saturated rings. The SMILES string of the molecule is CCC(Cl)C1OC1C(C)Cl. The van der Waals surface area contributed by atoms with Gasteiger partial charge in [-0.1, -0.05) is 6.92 Å². The van der Waals surface area contributed by atoms with Crippen molar-refractivity contribution in [1.29, 1.82) is 0 Å². The van der Waals surface area contributed by atoms with E-state index in [9.17, 15) is 0 Å². The van der Waals surface area contributed by atoms with Crippen LogP contribution < -0.4 is 0 Å². The number of rotatable bonds is 3. The molecule has 3 heteroatoms. The summed E-state index contributed by atoms with van der Waals surface area (Å²) in [5.74, 6) is 0. The Balaban J connectivity index is 2.24. The predicted octanol–water partition coefficient (Wildman–Crippen LogP) is 2.40. The van der Waals surface area contributed by atoms with Gasteiger partial charge in [0.2, 0.25) is 0 Å². The fourth-order valence-corrected chi connectivity index (χ4v) is 1.43. The zero-order valence-electron chi connectivity index (χ0n) is 6.18. The van der Waals surface area contributed by atoms with Crippen molar-refractivity contribution in [3.63, 3.8) is 0 Å². The van der Waals surface area contributed by atoms with Gasteiger partial charge in [-0.25, -0.2) is 0 Å². The molecule has 4 unspecified atom stereocenters. The van der Waals surface area contributed by atoms with E-state index in [1.165, 1.54) is 0 Å². The molecule has 4 atom stereocenters. The maximum absolute atomic E-state index is 5.92. The lowest BCUT2D eigenvalue weighted by molar-refractivity contribution is 0.362. The molecule has 0 amide bonds. The Morgan fingerprint density at radius 1 is 1.40 bits per heavy atom. The van der Waals surface area contributed by atoms with Crippen LogP contribution in [0.25, 0.3) is 0 Å². The molecule has 0 N–H and O–H groups in total. The van der Waals surface area contributed by atoms with E-state index in [1.54, 1.807) is 0 Å². The molecule has 0 aromatic carbocycles. The van der Waals surface area contributed by atoms with Crippen molar-refractivity contribution < 1.29 is 4.74 Å². The highest BCUT2D eigenvalue weighted by atomic mass is 35.5. The van der Waals surface area contributed by atoms with Gasteiger partial charge in [0, 0.05) is 0 Å². The summed E-state index contributed by atoms with van der Waals surface area (Å²) in [7, 11) is 0. The number of alkyl halides is 2. The Hall–Kier alpha value is 0.540. The van der Waals surface area contributed by atoms with Gasteiger partial charge in [0.05, 0.1) is 10.8 Å². The maximum Gasteiger partial charge on any atom is 0.102 e. The van der Waals surface area contributed by atoms with Crippen molar-refractivity contribution in [1.82, 2.24) is 0 Å². The number of epoxide rings is 1. The Kier molecular flexibility index (Phi) is 2.84. The fraction of sp³-hybridized carbons (Fsp3) is 1.00. The molecular weight excluding hydrogens is 171 g/mol. The molecule has 0 aromatic rings. The van der Waals surface area contributed by atoms with Crippen LogP contribution in [0.1, 0.15) is 20.3 Å². The van der Waals surface area contributed by atoms with Crippen LogP contribution >= 0.6 is 23.2 Å². The third-order valence-corrected chi connectivity index (χ3v) is 2.57. The van der Waals surface area contributed by atoms with Crippen molar-refractivity contribution in [2.45, 2.75) is 43.2 Å². The number of halogens is 2. The Bertz CT molecular complexity index is 116. The van der Waals surface area contributed by atoms with E-state index in [-0.39, 0.29) is 23.0 Å². The van der Waals surface area contributed by atoms with Gasteiger partial charge in [0.25, 0.3) is 0 Å². The Morgan fingerprint density at radius 2 is 2.00 bits per heavy atom. The van der Waals surface area contributed by atoms with Crippen LogP contribution in [0.4, 0.5) is 0 Å². The predicted molar refractivity (Wildman–Crippen MR) is 43.9 cm³/mol. The molecule has 1 nitrogen and oxygen atoms in total. The summed E-state index contributed by atoms with van der Waals surface area (Å²) >= 11 is 11.7. The lowest BCUT2D eigenvalue weighted by Gasteiger charge is -2.00. The minimum Gasteiger partial charge on any atom is -0.366 e. The number of hydrogen-bond donors (Lipinski definition) is 0. The van der Waals surface area contributed by atoms with Crippen LogP contribution in [0.2, 0.25) is 0 Å². The highest BCUT2D eigenvalue weighted by Gasteiger charge is 2.46. The van der Waals surface area contributed by atoms with Crippen LogP contribution in [-0.4, -0.2) is 23.0 Å². The van der Waals surface area contributed by atoms with Crippen molar-refractivity contribution in [2.24, 2.45) is 0 Å². The third-order valence-electron chi connectivity index (χ3n) is 1.76. The highest BCUT2D eigenvalue weighted by Crippen LogP contribution is 2.34. The van der Waals surface area contributed by atoms with E-state index < -0.39 is 0 Å². The van der Waals surface area contributed by atoms with Gasteiger partial charge in [0.1, 0.15) is 12.2 Å². The first-order valence-electron chi connectivity index (χ1n) is 3.60. The molecule has 1 rings (SSSR count). The van der Waals surface area contributed by atoms with Gasteiger partial charge in [-0.05, 0) is 13.3 Å². The summed E-state index contributed by atoms with van der Waals surface area (Å²) in [5, 5.41) is 0.240. The molecule has 10 heavy (non-hydrogen) atoms. The van der Waals surface area contributed by atoms with Crippen molar-refractivity contribution >= 4 is 23.2 Å². The van der Waals surface area contributed by atoms with Crippen LogP contribution in [0.5, 0.6) is 0 Å². The molecule has 0 spiro atoms. The minimum atomic E-state index is 0.0952. The number of ether oxygens (including phenoxy) is 1. The lowest BCUT2D eigenvalue weighted by Crippen LogP contribution is -2.13. The van der Waals surface area contributed by atoms with Crippen molar-refractivity contribution in [3.8, 4) is 0 Å². The molecule has 0 saturated carbocycles. The average Bonchev–Trinajstić information content (AvgIpc) is 2.64. The summed E-state index contributed by atoms with van der Waals surface area (Å²) in [6.07, 6.45) is 1.36. The van der Waals surface area contributed by atoms with Gasteiger partial charge in [-0.2, -0.15) is 0 Å². The molecule has 1 aliphatic rings. The average molecular weight is 183 g/mol. The summed E-state index contributed by atoms with van der Waals surface area (Å²) in [6, 6.07) is 0. The molecule has 1 heterocycles. The quantitative estimate of drug-likeness (QED) is 0.483. The monoisotopic (exact) mass is 182 g/mol. The first-order valence-corrected chi connectivity index (χ1v) is 4.47. The minimum absolute atomic E-state index is 0.0952. The summed E-state index contributed by atoms with van der Waals surface area (Å²) in [6.45, 7) is 3.99. The number of hydrogen-bond acceptors (Lipinski definition) is 1. The Morgan fingerprint density at radius 3 is 2.30 bits per heavy atom. The second-order valence-corrected chi connectivity index (χ2v) is 3.92. The van der Waals surface area contributed by atoms with Crippen LogP contribution in [-0.2, 0) is 4.74 Å². The standard InChI is InChI=1S/C7H12Cl2O/c1-3-5(9)7-6(10-7)4(2)8/h4-7H,3H2,1-2H3. The maximum atomic E-state index is 5.92. The molecule has 60 valence electrons. The van der Waals surface area contributed by atoms with Crippen LogP contribution in [0.3, 0.4) is 0 Å². The van der Waals surface area contributed by atoms with E-state index >= 15 is 0 Å². The second-order valence-electron chi connectivity index (χ2n) is 2.67. The zero-order valence-corrected chi connectivity index (χ0v) is 7.69. The van der Waals surface area contributed by atoms with Gasteiger partial charge in [-0.3, -0.25) is 0 Å². The van der Waals surface area contributed by atoms with Gasteiger partial charge < -0.3 is 4.74 Å². The smallest absolute Gasteiger partial charge is 0.102 e. The van der Waals surface area contributed by atoms with Crippen LogP contribution in [0, 0.1) is 0 Å². The largest absolute Gasteiger partial charge is 0.366 e. The van der Waals surface area contributed by atoms with E-state index in [0.29, 0.717) is 0 Å². The first-order chi connectivity index (χ1) is 4.66. The van der Waals surface area contributed by atoms with Crippen LogP contribution in [0.15, 0.2) is 0 Å². The molecular formula is C7H12Cl2O. The highest BCUT2D eigenvalue weighted by molar-refractivity contribution is 6.22. The van der Waals surface area contributed by atoms with E-state index in [4.69, 9.17) is 27.9 Å². The Labute approximate surface area is 71.6 Å². The van der Waals surface area contributed by atoms with Gasteiger partial charge >= 0.3 is 0 Å². The lowest BCUT2D eigenvalue weighted by atomic mass is 10.2. The fourth-order valence-electron chi connectivity index (χ4n) is 1.03. The second kappa shape index (κ2) is 3.29. The summed E-state index contributed by atoms with van der Waals surface area (Å²) in [5.41, 5.74) is 0. The molecule has 0 aromatic heterocycles.